The van der Waals surface area contributed by atoms with E-state index < -0.39 is 0 Å². The van der Waals surface area contributed by atoms with E-state index in [4.69, 9.17) is 5.73 Å². The summed E-state index contributed by atoms with van der Waals surface area (Å²) in [5, 5.41) is 9.72. The highest BCUT2D eigenvalue weighted by Gasteiger charge is 2.19. The second-order valence-corrected chi connectivity index (χ2v) is 5.81. The van der Waals surface area contributed by atoms with Crippen LogP contribution in [0, 0.1) is 5.92 Å². The van der Waals surface area contributed by atoms with Crippen LogP contribution in [-0.2, 0) is 6.42 Å². The quantitative estimate of drug-likeness (QED) is 0.771. The molecule has 2 rings (SSSR count). The highest BCUT2D eigenvalue weighted by molar-refractivity contribution is 7.99. The van der Waals surface area contributed by atoms with Crippen molar-refractivity contribution < 1.29 is 4.79 Å². The number of aromatic amines is 1. The molecule has 1 amide bonds. The molecule has 0 saturated carbocycles. The minimum absolute atomic E-state index is 0.165. The van der Waals surface area contributed by atoms with Gasteiger partial charge in [-0.1, -0.05) is 6.92 Å². The van der Waals surface area contributed by atoms with Crippen molar-refractivity contribution in [3.63, 3.8) is 0 Å². The predicted molar refractivity (Wildman–Crippen MR) is 74.8 cm³/mol. The van der Waals surface area contributed by atoms with Crippen LogP contribution in [0.25, 0.3) is 0 Å². The lowest BCUT2D eigenvalue weighted by Crippen LogP contribution is -2.31. The van der Waals surface area contributed by atoms with Gasteiger partial charge in [0.1, 0.15) is 0 Å². The molecule has 18 heavy (non-hydrogen) atoms. The van der Waals surface area contributed by atoms with Gasteiger partial charge in [0.15, 0.2) is 5.69 Å². The maximum Gasteiger partial charge on any atom is 0.273 e. The topological polar surface area (TPSA) is 83.8 Å². The van der Waals surface area contributed by atoms with Crippen molar-refractivity contribution in [3.05, 3.63) is 11.4 Å². The molecule has 2 heterocycles. The summed E-state index contributed by atoms with van der Waals surface area (Å²) in [6, 6.07) is 0. The zero-order chi connectivity index (χ0) is 13.0. The largest absolute Gasteiger partial charge is 0.395 e. The summed E-state index contributed by atoms with van der Waals surface area (Å²) in [6.45, 7) is 2.71. The average Bonchev–Trinajstić information content (AvgIpc) is 2.78. The van der Waals surface area contributed by atoms with Gasteiger partial charge in [0.25, 0.3) is 5.91 Å². The Morgan fingerprint density at radius 3 is 2.89 bits per heavy atom. The van der Waals surface area contributed by atoms with Crippen molar-refractivity contribution in [3.8, 4) is 0 Å². The summed E-state index contributed by atoms with van der Waals surface area (Å²) in [5.41, 5.74) is 7.50. The third-order valence-electron chi connectivity index (χ3n) is 3.34. The molecule has 1 aromatic heterocycles. The Kier molecular flexibility index (Phi) is 4.52. The number of hydrogen-bond donors (Lipinski definition) is 3. The number of nitrogens with zero attached hydrogens (tertiary/aromatic N) is 1. The Bertz CT molecular complexity index is 412. The van der Waals surface area contributed by atoms with Crippen molar-refractivity contribution in [2.75, 3.05) is 23.8 Å². The zero-order valence-corrected chi connectivity index (χ0v) is 11.5. The van der Waals surface area contributed by atoms with Gasteiger partial charge in [0.2, 0.25) is 0 Å². The zero-order valence-electron chi connectivity index (χ0n) is 10.7. The number of hydrogen-bond acceptors (Lipinski definition) is 4. The van der Waals surface area contributed by atoms with Gasteiger partial charge in [-0.15, -0.1) is 0 Å². The number of nitrogens with one attached hydrogen (secondary N) is 2. The molecule has 0 atom stereocenters. The molecule has 1 aliphatic heterocycles. The Hall–Kier alpha value is -1.17. The number of carbonyl (C=O) groups is 1. The van der Waals surface area contributed by atoms with Crippen LogP contribution in [0.5, 0.6) is 0 Å². The molecular weight excluding hydrogens is 248 g/mol. The lowest BCUT2D eigenvalue weighted by atomic mass is 10.0. The Balaban J connectivity index is 1.88. The molecule has 1 fully saturated rings. The summed E-state index contributed by atoms with van der Waals surface area (Å²) in [4.78, 5) is 12.0. The Morgan fingerprint density at radius 1 is 1.56 bits per heavy atom. The van der Waals surface area contributed by atoms with Crippen LogP contribution >= 0.6 is 11.8 Å². The standard InChI is InChI=1S/C12H20N4OS/c1-2-9-10(13)11(16-15-9)12(17)14-7-8-3-5-18-6-4-8/h8H,2-7,13H2,1H3,(H,14,17)(H,15,16). The van der Waals surface area contributed by atoms with Gasteiger partial charge < -0.3 is 11.1 Å². The van der Waals surface area contributed by atoms with Gasteiger partial charge in [0, 0.05) is 6.54 Å². The molecule has 0 aromatic carbocycles. The number of anilines is 1. The number of aromatic nitrogens is 2. The van der Waals surface area contributed by atoms with E-state index in [0.29, 0.717) is 17.3 Å². The first-order valence-electron chi connectivity index (χ1n) is 6.41. The minimum Gasteiger partial charge on any atom is -0.395 e. The van der Waals surface area contributed by atoms with Crippen LogP contribution in [-0.4, -0.2) is 34.2 Å². The van der Waals surface area contributed by atoms with Gasteiger partial charge in [-0.05, 0) is 36.7 Å². The number of amides is 1. The van der Waals surface area contributed by atoms with E-state index in [1.165, 1.54) is 24.3 Å². The first-order valence-corrected chi connectivity index (χ1v) is 7.56. The van der Waals surface area contributed by atoms with E-state index in [2.05, 4.69) is 15.5 Å². The number of nitrogens with two attached hydrogens (primary N) is 1. The Morgan fingerprint density at radius 2 is 2.28 bits per heavy atom. The molecule has 4 N–H and O–H groups in total. The lowest BCUT2D eigenvalue weighted by molar-refractivity contribution is 0.0942. The summed E-state index contributed by atoms with van der Waals surface area (Å²) in [6.07, 6.45) is 3.12. The summed E-state index contributed by atoms with van der Waals surface area (Å²) >= 11 is 1.99. The first kappa shape index (κ1) is 13.3. The second kappa shape index (κ2) is 6.13. The summed E-state index contributed by atoms with van der Waals surface area (Å²) < 4.78 is 0. The number of H-pyrrole nitrogens is 1. The van der Waals surface area contributed by atoms with Gasteiger partial charge in [-0.2, -0.15) is 16.9 Å². The molecule has 0 aliphatic carbocycles. The minimum atomic E-state index is -0.165. The molecular formula is C12H20N4OS. The Labute approximate surface area is 111 Å². The fourth-order valence-corrected chi connectivity index (χ4v) is 3.30. The van der Waals surface area contributed by atoms with E-state index in [1.54, 1.807) is 0 Å². The van der Waals surface area contributed by atoms with Crippen LogP contribution in [0.2, 0.25) is 0 Å². The normalized spacial score (nSPS) is 16.7. The molecule has 100 valence electrons. The molecule has 6 heteroatoms. The van der Waals surface area contributed by atoms with Gasteiger partial charge >= 0.3 is 0 Å². The number of carbonyl (C=O) groups excluding carboxylic acids is 1. The molecule has 1 saturated heterocycles. The van der Waals surface area contributed by atoms with Gasteiger partial charge in [-0.3, -0.25) is 9.89 Å². The van der Waals surface area contributed by atoms with Crippen molar-refractivity contribution >= 4 is 23.4 Å². The van der Waals surface area contributed by atoms with Crippen LogP contribution in [0.3, 0.4) is 0 Å². The second-order valence-electron chi connectivity index (χ2n) is 4.58. The van der Waals surface area contributed by atoms with Crippen LogP contribution in [0.1, 0.15) is 35.9 Å². The number of nitrogen functional groups attached to an aromatic ring is 1. The SMILES string of the molecule is CCc1[nH]nc(C(=O)NCC2CCSCC2)c1N. The highest BCUT2D eigenvalue weighted by Crippen LogP contribution is 2.22. The third kappa shape index (κ3) is 2.98. The predicted octanol–water partition coefficient (Wildman–Crippen LogP) is 1.43. The third-order valence-corrected chi connectivity index (χ3v) is 4.39. The molecule has 1 aliphatic rings. The van der Waals surface area contributed by atoms with Crippen molar-refractivity contribution in [1.82, 2.24) is 15.5 Å². The number of aryl methyl sites for hydroxylation is 1. The molecule has 1 aromatic rings. The van der Waals surface area contributed by atoms with Crippen molar-refractivity contribution in [2.24, 2.45) is 5.92 Å². The van der Waals surface area contributed by atoms with Gasteiger partial charge in [0.05, 0.1) is 11.4 Å². The molecule has 0 spiro atoms. The molecule has 0 bridgehead atoms. The van der Waals surface area contributed by atoms with Crippen LogP contribution < -0.4 is 11.1 Å². The van der Waals surface area contributed by atoms with E-state index in [1.807, 2.05) is 18.7 Å². The van der Waals surface area contributed by atoms with E-state index in [-0.39, 0.29) is 5.91 Å². The van der Waals surface area contributed by atoms with Crippen molar-refractivity contribution in [1.29, 1.82) is 0 Å². The van der Waals surface area contributed by atoms with E-state index in [9.17, 15) is 4.79 Å². The lowest BCUT2D eigenvalue weighted by Gasteiger charge is -2.21. The monoisotopic (exact) mass is 268 g/mol. The van der Waals surface area contributed by atoms with Crippen LogP contribution in [0.15, 0.2) is 0 Å². The first-order chi connectivity index (χ1) is 8.72. The fourth-order valence-electron chi connectivity index (χ4n) is 2.10. The highest BCUT2D eigenvalue weighted by atomic mass is 32.2. The van der Waals surface area contributed by atoms with Crippen LogP contribution in [0.4, 0.5) is 5.69 Å². The molecule has 0 radical (unpaired) electrons. The van der Waals surface area contributed by atoms with Crippen molar-refractivity contribution in [2.45, 2.75) is 26.2 Å². The van der Waals surface area contributed by atoms with Gasteiger partial charge in [-0.25, -0.2) is 0 Å². The number of thioether (sulfide) groups is 1. The number of rotatable bonds is 4. The smallest absolute Gasteiger partial charge is 0.273 e. The maximum atomic E-state index is 12.0. The summed E-state index contributed by atoms with van der Waals surface area (Å²) in [7, 11) is 0. The maximum absolute atomic E-state index is 12.0. The molecule has 0 unspecified atom stereocenters. The fraction of sp³-hybridized carbons (Fsp3) is 0.667. The average molecular weight is 268 g/mol. The molecule has 5 nitrogen and oxygen atoms in total. The summed E-state index contributed by atoms with van der Waals surface area (Å²) in [5.74, 6) is 2.83. The van der Waals surface area contributed by atoms with E-state index in [0.717, 1.165) is 18.7 Å². The van der Waals surface area contributed by atoms with E-state index >= 15 is 0 Å².